The van der Waals surface area contributed by atoms with Crippen LogP contribution in [0.1, 0.15) is 18.4 Å². The van der Waals surface area contributed by atoms with Crippen LogP contribution >= 0.6 is 0 Å². The van der Waals surface area contributed by atoms with Crippen molar-refractivity contribution in [3.63, 3.8) is 0 Å². The summed E-state index contributed by atoms with van der Waals surface area (Å²) in [5.74, 6) is 1.02. The van der Waals surface area contributed by atoms with Gasteiger partial charge in [-0.1, -0.05) is 12.1 Å². The molecule has 1 aliphatic carbocycles. The third kappa shape index (κ3) is 2.28. The molecule has 4 heteroatoms. The molecule has 2 bridgehead atoms. The second-order valence-electron chi connectivity index (χ2n) is 6.60. The predicted octanol–water partition coefficient (Wildman–Crippen LogP) is 2.19. The van der Waals surface area contributed by atoms with Crippen molar-refractivity contribution >= 4 is 16.8 Å². The fourth-order valence-corrected chi connectivity index (χ4v) is 4.05. The van der Waals surface area contributed by atoms with Gasteiger partial charge in [-0.15, -0.1) is 0 Å². The van der Waals surface area contributed by atoms with Crippen LogP contribution in [0.5, 0.6) is 0 Å². The summed E-state index contributed by atoms with van der Waals surface area (Å²) in [5.41, 5.74) is 2.16. The van der Waals surface area contributed by atoms with Gasteiger partial charge in [0.2, 0.25) is 5.91 Å². The maximum Gasteiger partial charge on any atom is 0.227 e. The Morgan fingerprint density at radius 2 is 2.27 bits per heavy atom. The van der Waals surface area contributed by atoms with E-state index in [0.29, 0.717) is 24.4 Å². The van der Waals surface area contributed by atoms with Gasteiger partial charge in [-0.3, -0.25) is 9.78 Å². The van der Waals surface area contributed by atoms with Crippen molar-refractivity contribution in [2.75, 3.05) is 13.6 Å². The van der Waals surface area contributed by atoms with E-state index in [-0.39, 0.29) is 5.92 Å². The third-order valence-electron chi connectivity index (χ3n) is 5.18. The smallest absolute Gasteiger partial charge is 0.227 e. The minimum absolute atomic E-state index is 0.187. The molecule has 2 fully saturated rings. The lowest BCUT2D eigenvalue weighted by molar-refractivity contribution is -0.135. The Labute approximate surface area is 130 Å². The highest BCUT2D eigenvalue weighted by Gasteiger charge is 2.46. The SMILES string of the molecule is CN(Cc1ccc2ncccc2c1)C(=O)[C@@H]1[C@H]2CC[C@@H]1NC2. The number of nitrogens with zero attached hydrogens (tertiary/aromatic N) is 2. The first-order valence-corrected chi connectivity index (χ1v) is 8.04. The number of amides is 1. The molecule has 2 aliphatic rings. The number of rotatable bonds is 3. The molecule has 3 atom stereocenters. The molecule has 1 aromatic carbocycles. The van der Waals surface area contributed by atoms with Crippen LogP contribution < -0.4 is 5.32 Å². The molecule has 1 amide bonds. The molecule has 114 valence electrons. The quantitative estimate of drug-likeness (QED) is 0.944. The van der Waals surface area contributed by atoms with Crippen LogP contribution in [0.2, 0.25) is 0 Å². The van der Waals surface area contributed by atoms with Gasteiger partial charge < -0.3 is 10.2 Å². The minimum Gasteiger partial charge on any atom is -0.341 e. The highest BCUT2D eigenvalue weighted by molar-refractivity contribution is 5.81. The zero-order valence-corrected chi connectivity index (χ0v) is 12.8. The summed E-state index contributed by atoms with van der Waals surface area (Å²) in [6.45, 7) is 1.68. The van der Waals surface area contributed by atoms with E-state index in [9.17, 15) is 4.79 Å². The van der Waals surface area contributed by atoms with E-state index in [2.05, 4.69) is 28.5 Å². The molecule has 1 aromatic heterocycles. The molecule has 1 aliphatic heterocycles. The fourth-order valence-electron chi connectivity index (χ4n) is 4.05. The van der Waals surface area contributed by atoms with E-state index in [1.165, 1.54) is 6.42 Å². The van der Waals surface area contributed by atoms with Gasteiger partial charge in [0.1, 0.15) is 0 Å². The normalized spacial score (nSPS) is 26.5. The van der Waals surface area contributed by atoms with Crippen LogP contribution in [0.3, 0.4) is 0 Å². The van der Waals surface area contributed by atoms with E-state index in [1.807, 2.05) is 24.1 Å². The number of pyridine rings is 1. The fraction of sp³-hybridized carbons (Fsp3) is 0.444. The summed E-state index contributed by atoms with van der Waals surface area (Å²) >= 11 is 0. The standard InChI is InChI=1S/C18H21N3O/c1-21(18(22)17-14-5-7-16(17)20-10-14)11-12-4-6-15-13(9-12)3-2-8-19-15/h2-4,6,8-9,14,16-17,20H,5,7,10-11H2,1H3/t14-,16-,17+/m0/s1. The first-order chi connectivity index (χ1) is 10.7. The van der Waals surface area contributed by atoms with Crippen LogP contribution in [-0.2, 0) is 11.3 Å². The van der Waals surface area contributed by atoms with Gasteiger partial charge in [0.05, 0.1) is 11.4 Å². The molecule has 1 saturated heterocycles. The Hall–Kier alpha value is -1.94. The highest BCUT2D eigenvalue weighted by atomic mass is 16.2. The lowest BCUT2D eigenvalue weighted by Crippen LogP contribution is -2.38. The van der Waals surface area contributed by atoms with E-state index in [1.54, 1.807) is 6.20 Å². The van der Waals surface area contributed by atoms with Gasteiger partial charge in [0.25, 0.3) is 0 Å². The number of nitrogens with one attached hydrogen (secondary N) is 1. The number of carbonyl (C=O) groups is 1. The average Bonchev–Trinajstić information content (AvgIpc) is 3.14. The first kappa shape index (κ1) is 13.7. The molecule has 2 aromatic rings. The van der Waals surface area contributed by atoms with Crippen molar-refractivity contribution in [3.05, 3.63) is 42.1 Å². The average molecular weight is 295 g/mol. The maximum absolute atomic E-state index is 12.7. The summed E-state index contributed by atoms with van der Waals surface area (Å²) < 4.78 is 0. The zero-order valence-electron chi connectivity index (χ0n) is 12.8. The lowest BCUT2D eigenvalue weighted by Gasteiger charge is -2.23. The predicted molar refractivity (Wildman–Crippen MR) is 86.2 cm³/mol. The van der Waals surface area contributed by atoms with E-state index >= 15 is 0 Å². The second kappa shape index (κ2) is 5.36. The van der Waals surface area contributed by atoms with Crippen molar-refractivity contribution in [2.24, 2.45) is 11.8 Å². The van der Waals surface area contributed by atoms with Gasteiger partial charge >= 0.3 is 0 Å². The number of benzene rings is 1. The van der Waals surface area contributed by atoms with Gasteiger partial charge in [-0.25, -0.2) is 0 Å². The molecule has 4 nitrogen and oxygen atoms in total. The molecule has 0 spiro atoms. The number of carbonyl (C=O) groups excluding carboxylic acids is 1. The largest absolute Gasteiger partial charge is 0.341 e. The summed E-state index contributed by atoms with van der Waals surface area (Å²) in [7, 11) is 1.92. The summed E-state index contributed by atoms with van der Waals surface area (Å²) in [4.78, 5) is 19.0. The van der Waals surface area contributed by atoms with Crippen LogP contribution in [0.15, 0.2) is 36.5 Å². The van der Waals surface area contributed by atoms with Crippen molar-refractivity contribution in [3.8, 4) is 0 Å². The van der Waals surface area contributed by atoms with Crippen LogP contribution in [0, 0.1) is 11.8 Å². The monoisotopic (exact) mass is 295 g/mol. The van der Waals surface area contributed by atoms with Gasteiger partial charge in [0, 0.05) is 31.2 Å². The van der Waals surface area contributed by atoms with Gasteiger partial charge in [0.15, 0.2) is 0 Å². The lowest BCUT2D eigenvalue weighted by atomic mass is 9.96. The van der Waals surface area contributed by atoms with Crippen molar-refractivity contribution in [1.29, 1.82) is 0 Å². The summed E-state index contributed by atoms with van der Waals surface area (Å²) in [6.07, 6.45) is 4.15. The van der Waals surface area contributed by atoms with Crippen molar-refractivity contribution in [2.45, 2.75) is 25.4 Å². The van der Waals surface area contributed by atoms with Gasteiger partial charge in [-0.2, -0.15) is 0 Å². The molecule has 1 saturated carbocycles. The number of fused-ring (bicyclic) bond motifs is 3. The van der Waals surface area contributed by atoms with Gasteiger partial charge in [-0.05, 0) is 49.1 Å². The summed E-state index contributed by atoms with van der Waals surface area (Å²) in [5, 5.41) is 4.60. The Kier molecular flexibility index (Phi) is 3.34. The molecule has 0 unspecified atom stereocenters. The van der Waals surface area contributed by atoms with E-state index < -0.39 is 0 Å². The number of piperidine rings is 1. The second-order valence-corrected chi connectivity index (χ2v) is 6.60. The zero-order chi connectivity index (χ0) is 15.1. The van der Waals surface area contributed by atoms with Crippen molar-refractivity contribution in [1.82, 2.24) is 15.2 Å². The first-order valence-electron chi connectivity index (χ1n) is 8.04. The molecule has 4 rings (SSSR count). The Bertz CT molecular complexity index is 694. The Balaban J connectivity index is 1.50. The number of hydrogen-bond donors (Lipinski definition) is 1. The Morgan fingerprint density at radius 1 is 1.36 bits per heavy atom. The molecule has 1 N–H and O–H groups in total. The van der Waals surface area contributed by atoms with E-state index in [0.717, 1.165) is 29.4 Å². The number of hydrogen-bond acceptors (Lipinski definition) is 3. The minimum atomic E-state index is 0.187. The van der Waals surface area contributed by atoms with E-state index in [4.69, 9.17) is 0 Å². The molecule has 0 radical (unpaired) electrons. The van der Waals surface area contributed by atoms with Crippen LogP contribution in [0.25, 0.3) is 10.9 Å². The topological polar surface area (TPSA) is 45.2 Å². The molecular weight excluding hydrogens is 274 g/mol. The molecule has 22 heavy (non-hydrogen) atoms. The molecule has 2 heterocycles. The van der Waals surface area contributed by atoms with Crippen LogP contribution in [0.4, 0.5) is 0 Å². The Morgan fingerprint density at radius 3 is 3.00 bits per heavy atom. The van der Waals surface area contributed by atoms with Crippen molar-refractivity contribution < 1.29 is 4.79 Å². The number of aromatic nitrogens is 1. The maximum atomic E-state index is 12.7. The summed E-state index contributed by atoms with van der Waals surface area (Å²) in [6, 6.07) is 10.6. The third-order valence-corrected chi connectivity index (χ3v) is 5.18. The van der Waals surface area contributed by atoms with Crippen LogP contribution in [-0.4, -0.2) is 35.4 Å². The molecular formula is C18H21N3O. The highest BCUT2D eigenvalue weighted by Crippen LogP contribution is 2.38.